The number of rotatable bonds is 4. The van der Waals surface area contributed by atoms with E-state index in [0.29, 0.717) is 0 Å². The van der Waals surface area contributed by atoms with E-state index < -0.39 is 0 Å². The first-order chi connectivity index (χ1) is 6.20. The molecule has 3 nitrogen and oxygen atoms in total. The number of carbonyl (C=O) groups is 1. The van der Waals surface area contributed by atoms with Crippen molar-refractivity contribution in [3.05, 3.63) is 0 Å². The largest absolute Gasteiger partial charge is 0.369 e. The Morgan fingerprint density at radius 3 is 2.69 bits per heavy atom. The Kier molecular flexibility index (Phi) is 4.22. The molecule has 0 aromatic rings. The van der Waals surface area contributed by atoms with E-state index in [1.807, 2.05) is 6.92 Å². The van der Waals surface area contributed by atoms with Gasteiger partial charge in [-0.3, -0.25) is 4.79 Å². The highest BCUT2D eigenvalue weighted by Crippen LogP contribution is 2.20. The van der Waals surface area contributed by atoms with Gasteiger partial charge in [0.05, 0.1) is 0 Å². The minimum atomic E-state index is -0.158. The average Bonchev–Trinajstić information content (AvgIpc) is 2.15. The van der Waals surface area contributed by atoms with E-state index in [1.165, 1.54) is 12.8 Å². The molecule has 3 N–H and O–H groups in total. The number of nitrogens with two attached hydrogens (primary N) is 1. The van der Waals surface area contributed by atoms with Crippen LogP contribution in [0, 0.1) is 11.8 Å². The van der Waals surface area contributed by atoms with E-state index in [9.17, 15) is 4.79 Å². The quantitative estimate of drug-likeness (QED) is 0.681. The van der Waals surface area contributed by atoms with Crippen molar-refractivity contribution in [2.75, 3.05) is 13.1 Å². The molecule has 1 aliphatic rings. The third-order valence-electron chi connectivity index (χ3n) is 2.95. The van der Waals surface area contributed by atoms with E-state index in [1.54, 1.807) is 0 Å². The second kappa shape index (κ2) is 5.22. The Morgan fingerprint density at radius 1 is 1.54 bits per heavy atom. The van der Waals surface area contributed by atoms with Gasteiger partial charge in [-0.05, 0) is 44.7 Å². The summed E-state index contributed by atoms with van der Waals surface area (Å²) >= 11 is 0. The van der Waals surface area contributed by atoms with Gasteiger partial charge in [0.15, 0.2) is 0 Å². The Bertz CT molecular complexity index is 164. The molecule has 3 heteroatoms. The summed E-state index contributed by atoms with van der Waals surface area (Å²) in [5, 5.41) is 3.33. The predicted octanol–water partition coefficient (Wildman–Crippen LogP) is 0.888. The summed E-state index contributed by atoms with van der Waals surface area (Å²) in [5.74, 6) is 0.701. The third-order valence-corrected chi connectivity index (χ3v) is 2.95. The Morgan fingerprint density at radius 2 is 2.15 bits per heavy atom. The van der Waals surface area contributed by atoms with Crippen molar-refractivity contribution in [2.24, 2.45) is 17.6 Å². The van der Waals surface area contributed by atoms with E-state index in [2.05, 4.69) is 5.32 Å². The molecular weight excluding hydrogens is 164 g/mol. The molecule has 0 radical (unpaired) electrons. The number of piperidine rings is 1. The van der Waals surface area contributed by atoms with Crippen molar-refractivity contribution >= 4 is 5.91 Å². The summed E-state index contributed by atoms with van der Waals surface area (Å²) in [7, 11) is 0. The lowest BCUT2D eigenvalue weighted by Crippen LogP contribution is -2.28. The number of primary amides is 1. The highest BCUT2D eigenvalue weighted by Gasteiger charge is 2.15. The predicted molar refractivity (Wildman–Crippen MR) is 53.2 cm³/mol. The van der Waals surface area contributed by atoms with E-state index in [0.717, 1.165) is 31.8 Å². The number of hydrogen-bond donors (Lipinski definition) is 2. The van der Waals surface area contributed by atoms with Crippen molar-refractivity contribution in [2.45, 2.75) is 32.6 Å². The molecule has 1 rings (SSSR count). The molecule has 0 aromatic carbocycles. The highest BCUT2D eigenvalue weighted by molar-refractivity contribution is 5.76. The van der Waals surface area contributed by atoms with Crippen LogP contribution < -0.4 is 11.1 Å². The highest BCUT2D eigenvalue weighted by atomic mass is 16.1. The fourth-order valence-electron chi connectivity index (χ4n) is 1.80. The molecule has 0 spiro atoms. The molecule has 0 bridgehead atoms. The van der Waals surface area contributed by atoms with E-state index in [-0.39, 0.29) is 11.8 Å². The SMILES string of the molecule is CC(CCC1CCNCC1)C(N)=O. The van der Waals surface area contributed by atoms with Crippen LogP contribution in [0.5, 0.6) is 0 Å². The molecule has 76 valence electrons. The van der Waals surface area contributed by atoms with Gasteiger partial charge < -0.3 is 11.1 Å². The average molecular weight is 184 g/mol. The molecular formula is C10H20N2O. The first kappa shape index (κ1) is 10.5. The third kappa shape index (κ3) is 3.77. The van der Waals surface area contributed by atoms with E-state index in [4.69, 9.17) is 5.73 Å². The summed E-state index contributed by atoms with van der Waals surface area (Å²) in [6.07, 6.45) is 4.63. The lowest BCUT2D eigenvalue weighted by atomic mass is 9.90. The lowest BCUT2D eigenvalue weighted by Gasteiger charge is -2.23. The first-order valence-electron chi connectivity index (χ1n) is 5.20. The van der Waals surface area contributed by atoms with Gasteiger partial charge in [-0.1, -0.05) is 6.92 Å². The summed E-state index contributed by atoms with van der Waals surface area (Å²) in [6.45, 7) is 4.19. The maximum absolute atomic E-state index is 10.8. The van der Waals surface area contributed by atoms with Crippen molar-refractivity contribution < 1.29 is 4.79 Å². The molecule has 13 heavy (non-hydrogen) atoms. The first-order valence-corrected chi connectivity index (χ1v) is 5.20. The topological polar surface area (TPSA) is 55.1 Å². The monoisotopic (exact) mass is 184 g/mol. The van der Waals surface area contributed by atoms with Crippen LogP contribution in [0.25, 0.3) is 0 Å². The summed E-state index contributed by atoms with van der Waals surface area (Å²) < 4.78 is 0. The number of nitrogens with one attached hydrogen (secondary N) is 1. The Labute approximate surface area is 80.1 Å². The molecule has 1 saturated heterocycles. The maximum atomic E-state index is 10.8. The van der Waals surface area contributed by atoms with Gasteiger partial charge in [0, 0.05) is 5.92 Å². The Hall–Kier alpha value is -0.570. The molecule has 0 aromatic heterocycles. The molecule has 0 aliphatic carbocycles. The normalized spacial score (nSPS) is 21.3. The van der Waals surface area contributed by atoms with Gasteiger partial charge in [-0.25, -0.2) is 0 Å². The zero-order valence-electron chi connectivity index (χ0n) is 8.38. The molecule has 1 atom stereocenters. The van der Waals surface area contributed by atoms with Crippen LogP contribution >= 0.6 is 0 Å². The van der Waals surface area contributed by atoms with Crippen LogP contribution in [-0.2, 0) is 4.79 Å². The molecule has 1 aliphatic heterocycles. The standard InChI is InChI=1S/C10H20N2O/c1-8(10(11)13)2-3-9-4-6-12-7-5-9/h8-9,12H,2-7H2,1H3,(H2,11,13). The van der Waals surface area contributed by atoms with Gasteiger partial charge in [0.1, 0.15) is 0 Å². The summed E-state index contributed by atoms with van der Waals surface area (Å²) in [6, 6.07) is 0. The summed E-state index contributed by atoms with van der Waals surface area (Å²) in [4.78, 5) is 10.8. The van der Waals surface area contributed by atoms with Crippen molar-refractivity contribution in [1.82, 2.24) is 5.32 Å². The lowest BCUT2D eigenvalue weighted by molar-refractivity contribution is -0.121. The number of carbonyl (C=O) groups excluding carboxylic acids is 1. The van der Waals surface area contributed by atoms with Crippen LogP contribution in [0.15, 0.2) is 0 Å². The number of hydrogen-bond acceptors (Lipinski definition) is 2. The van der Waals surface area contributed by atoms with Gasteiger partial charge in [0.25, 0.3) is 0 Å². The van der Waals surface area contributed by atoms with Gasteiger partial charge in [0.2, 0.25) is 5.91 Å². The smallest absolute Gasteiger partial charge is 0.220 e. The van der Waals surface area contributed by atoms with Gasteiger partial charge in [-0.15, -0.1) is 0 Å². The summed E-state index contributed by atoms with van der Waals surface area (Å²) in [5.41, 5.74) is 5.20. The van der Waals surface area contributed by atoms with Gasteiger partial charge in [-0.2, -0.15) is 0 Å². The molecule has 0 saturated carbocycles. The van der Waals surface area contributed by atoms with Crippen LogP contribution in [0.2, 0.25) is 0 Å². The minimum absolute atomic E-state index is 0.0508. The fraction of sp³-hybridized carbons (Fsp3) is 0.900. The van der Waals surface area contributed by atoms with Crippen molar-refractivity contribution in [3.8, 4) is 0 Å². The maximum Gasteiger partial charge on any atom is 0.220 e. The van der Waals surface area contributed by atoms with E-state index >= 15 is 0 Å². The molecule has 1 heterocycles. The van der Waals surface area contributed by atoms with Crippen molar-refractivity contribution in [3.63, 3.8) is 0 Å². The second-order valence-corrected chi connectivity index (χ2v) is 4.07. The van der Waals surface area contributed by atoms with Crippen LogP contribution in [-0.4, -0.2) is 19.0 Å². The minimum Gasteiger partial charge on any atom is -0.369 e. The van der Waals surface area contributed by atoms with Crippen LogP contribution in [0.1, 0.15) is 32.6 Å². The zero-order chi connectivity index (χ0) is 9.68. The molecule has 1 amide bonds. The molecule has 1 unspecified atom stereocenters. The van der Waals surface area contributed by atoms with Crippen LogP contribution in [0.4, 0.5) is 0 Å². The fourth-order valence-corrected chi connectivity index (χ4v) is 1.80. The Balaban J connectivity index is 2.13. The van der Waals surface area contributed by atoms with Crippen molar-refractivity contribution in [1.29, 1.82) is 0 Å². The molecule has 1 fully saturated rings. The number of amides is 1. The second-order valence-electron chi connectivity index (χ2n) is 4.07. The van der Waals surface area contributed by atoms with Gasteiger partial charge >= 0.3 is 0 Å². The van der Waals surface area contributed by atoms with Crippen LogP contribution in [0.3, 0.4) is 0 Å². The zero-order valence-corrected chi connectivity index (χ0v) is 8.38.